The standard InChI is InChI=1S/C15H20N2/c1-10-4-5-12-9-13(7-6-11(12)8-10)14(16)15(2,3)17/h4-9,14H,16-17H2,1-3H3. The third-order valence-electron chi connectivity index (χ3n) is 3.18. The predicted molar refractivity (Wildman–Crippen MR) is 73.9 cm³/mol. The van der Waals surface area contributed by atoms with Crippen LogP contribution in [0.4, 0.5) is 0 Å². The third kappa shape index (κ3) is 2.48. The minimum atomic E-state index is -0.404. The zero-order valence-electron chi connectivity index (χ0n) is 10.7. The zero-order chi connectivity index (χ0) is 12.6. The van der Waals surface area contributed by atoms with Crippen LogP contribution in [0.3, 0.4) is 0 Å². The van der Waals surface area contributed by atoms with Crippen LogP contribution < -0.4 is 11.5 Å². The van der Waals surface area contributed by atoms with Gasteiger partial charge in [0, 0.05) is 11.6 Å². The van der Waals surface area contributed by atoms with Crippen molar-refractivity contribution < 1.29 is 0 Å². The molecule has 2 aromatic rings. The lowest BCUT2D eigenvalue weighted by Crippen LogP contribution is -2.43. The van der Waals surface area contributed by atoms with Crippen LogP contribution in [0.5, 0.6) is 0 Å². The molecule has 17 heavy (non-hydrogen) atoms. The van der Waals surface area contributed by atoms with E-state index in [0.717, 1.165) is 5.56 Å². The molecular formula is C15H20N2. The highest BCUT2D eigenvalue weighted by Crippen LogP contribution is 2.25. The van der Waals surface area contributed by atoms with E-state index in [4.69, 9.17) is 11.5 Å². The van der Waals surface area contributed by atoms with Crippen molar-refractivity contribution in [3.05, 3.63) is 47.5 Å². The molecule has 0 aromatic heterocycles. The van der Waals surface area contributed by atoms with Crippen LogP contribution in [0, 0.1) is 6.92 Å². The van der Waals surface area contributed by atoms with Crippen LogP contribution in [0.25, 0.3) is 10.8 Å². The summed E-state index contributed by atoms with van der Waals surface area (Å²) in [5.41, 5.74) is 14.2. The van der Waals surface area contributed by atoms with E-state index in [1.165, 1.54) is 16.3 Å². The first kappa shape index (κ1) is 12.1. The third-order valence-corrected chi connectivity index (χ3v) is 3.18. The van der Waals surface area contributed by atoms with Crippen molar-refractivity contribution in [2.75, 3.05) is 0 Å². The Labute approximate surface area is 103 Å². The fourth-order valence-corrected chi connectivity index (χ4v) is 2.01. The molecule has 0 saturated heterocycles. The molecule has 0 aliphatic heterocycles. The molecule has 0 radical (unpaired) electrons. The lowest BCUT2D eigenvalue weighted by atomic mass is 9.89. The van der Waals surface area contributed by atoms with Crippen LogP contribution >= 0.6 is 0 Å². The zero-order valence-corrected chi connectivity index (χ0v) is 10.7. The predicted octanol–water partition coefficient (Wildman–Crippen LogP) is 2.89. The van der Waals surface area contributed by atoms with Crippen molar-refractivity contribution in [3.8, 4) is 0 Å². The van der Waals surface area contributed by atoms with Crippen molar-refractivity contribution in [1.29, 1.82) is 0 Å². The number of benzene rings is 2. The summed E-state index contributed by atoms with van der Waals surface area (Å²) in [6.07, 6.45) is 0. The van der Waals surface area contributed by atoms with E-state index in [-0.39, 0.29) is 6.04 Å². The Balaban J connectivity index is 2.48. The van der Waals surface area contributed by atoms with Crippen LogP contribution in [-0.4, -0.2) is 5.54 Å². The van der Waals surface area contributed by atoms with Crippen LogP contribution in [-0.2, 0) is 0 Å². The summed E-state index contributed by atoms with van der Waals surface area (Å²) in [4.78, 5) is 0. The van der Waals surface area contributed by atoms with Gasteiger partial charge in [-0.2, -0.15) is 0 Å². The van der Waals surface area contributed by atoms with Gasteiger partial charge >= 0.3 is 0 Å². The first-order valence-electron chi connectivity index (χ1n) is 5.93. The van der Waals surface area contributed by atoms with Crippen molar-refractivity contribution in [1.82, 2.24) is 0 Å². The fourth-order valence-electron chi connectivity index (χ4n) is 2.01. The molecule has 0 spiro atoms. The highest BCUT2D eigenvalue weighted by Gasteiger charge is 2.22. The van der Waals surface area contributed by atoms with E-state index in [9.17, 15) is 0 Å². The van der Waals surface area contributed by atoms with Crippen LogP contribution in [0.1, 0.15) is 31.0 Å². The van der Waals surface area contributed by atoms with Crippen LogP contribution in [0.15, 0.2) is 36.4 Å². The fraction of sp³-hybridized carbons (Fsp3) is 0.333. The highest BCUT2D eigenvalue weighted by atomic mass is 14.8. The van der Waals surface area contributed by atoms with Gasteiger partial charge in [0.05, 0.1) is 0 Å². The van der Waals surface area contributed by atoms with Gasteiger partial charge in [-0.25, -0.2) is 0 Å². The maximum absolute atomic E-state index is 6.17. The molecule has 1 atom stereocenters. The van der Waals surface area contributed by atoms with E-state index in [0.29, 0.717) is 0 Å². The lowest BCUT2D eigenvalue weighted by molar-refractivity contribution is 0.420. The second-order valence-corrected chi connectivity index (χ2v) is 5.41. The Kier molecular flexibility index (Phi) is 2.94. The Morgan fingerprint density at radius 2 is 1.59 bits per heavy atom. The molecule has 0 heterocycles. The summed E-state index contributed by atoms with van der Waals surface area (Å²) in [6, 6.07) is 12.6. The lowest BCUT2D eigenvalue weighted by Gasteiger charge is -2.27. The summed E-state index contributed by atoms with van der Waals surface area (Å²) in [6.45, 7) is 6.01. The summed E-state index contributed by atoms with van der Waals surface area (Å²) < 4.78 is 0. The minimum absolute atomic E-state index is 0.145. The Hall–Kier alpha value is -1.38. The van der Waals surface area contributed by atoms with Gasteiger partial charge in [-0.15, -0.1) is 0 Å². The molecule has 90 valence electrons. The number of rotatable bonds is 2. The maximum atomic E-state index is 6.17. The summed E-state index contributed by atoms with van der Waals surface area (Å²) >= 11 is 0. The molecule has 2 nitrogen and oxygen atoms in total. The molecule has 4 N–H and O–H groups in total. The van der Waals surface area contributed by atoms with Crippen molar-refractivity contribution in [3.63, 3.8) is 0 Å². The normalized spacial score (nSPS) is 13.9. The van der Waals surface area contributed by atoms with Crippen molar-refractivity contribution in [2.45, 2.75) is 32.4 Å². The molecule has 0 amide bonds. The smallest absolute Gasteiger partial charge is 0.0472 e. The number of fused-ring (bicyclic) bond motifs is 1. The Morgan fingerprint density at radius 3 is 2.24 bits per heavy atom. The molecule has 2 aromatic carbocycles. The number of hydrogen-bond acceptors (Lipinski definition) is 2. The van der Waals surface area contributed by atoms with Gasteiger partial charge in [-0.3, -0.25) is 0 Å². The monoisotopic (exact) mass is 228 g/mol. The Bertz CT molecular complexity index is 538. The average molecular weight is 228 g/mol. The quantitative estimate of drug-likeness (QED) is 0.830. The van der Waals surface area contributed by atoms with Gasteiger partial charge in [0.1, 0.15) is 0 Å². The first-order valence-corrected chi connectivity index (χ1v) is 5.93. The molecular weight excluding hydrogens is 208 g/mol. The van der Waals surface area contributed by atoms with Gasteiger partial charge in [-0.1, -0.05) is 35.9 Å². The molecule has 2 heteroatoms. The molecule has 0 fully saturated rings. The van der Waals surface area contributed by atoms with Gasteiger partial charge in [0.2, 0.25) is 0 Å². The van der Waals surface area contributed by atoms with Gasteiger partial charge in [0.15, 0.2) is 0 Å². The molecule has 0 saturated carbocycles. The van der Waals surface area contributed by atoms with Gasteiger partial charge in [0.25, 0.3) is 0 Å². The molecule has 0 aliphatic rings. The van der Waals surface area contributed by atoms with Crippen molar-refractivity contribution in [2.24, 2.45) is 11.5 Å². The van der Waals surface area contributed by atoms with Crippen molar-refractivity contribution >= 4 is 10.8 Å². The number of hydrogen-bond donors (Lipinski definition) is 2. The average Bonchev–Trinajstić information content (AvgIpc) is 2.26. The summed E-state index contributed by atoms with van der Waals surface area (Å²) in [5.74, 6) is 0. The molecule has 2 rings (SSSR count). The van der Waals surface area contributed by atoms with E-state index in [1.54, 1.807) is 0 Å². The summed E-state index contributed by atoms with van der Waals surface area (Å²) in [5, 5.41) is 2.46. The number of aryl methyl sites for hydroxylation is 1. The first-order chi connectivity index (χ1) is 7.88. The van der Waals surface area contributed by atoms with Crippen LogP contribution in [0.2, 0.25) is 0 Å². The Morgan fingerprint density at radius 1 is 1.00 bits per heavy atom. The molecule has 0 aliphatic carbocycles. The second kappa shape index (κ2) is 4.13. The molecule has 0 bridgehead atoms. The topological polar surface area (TPSA) is 52.0 Å². The minimum Gasteiger partial charge on any atom is -0.324 e. The SMILES string of the molecule is Cc1ccc2cc(C(N)C(C)(C)N)ccc2c1. The largest absolute Gasteiger partial charge is 0.324 e. The summed E-state index contributed by atoms with van der Waals surface area (Å²) in [7, 11) is 0. The van der Waals surface area contributed by atoms with E-state index in [2.05, 4.69) is 43.3 Å². The van der Waals surface area contributed by atoms with E-state index < -0.39 is 5.54 Å². The van der Waals surface area contributed by atoms with Gasteiger partial charge in [-0.05, 0) is 43.2 Å². The second-order valence-electron chi connectivity index (χ2n) is 5.41. The molecule has 1 unspecified atom stereocenters. The van der Waals surface area contributed by atoms with Gasteiger partial charge < -0.3 is 11.5 Å². The number of nitrogens with two attached hydrogens (primary N) is 2. The van der Waals surface area contributed by atoms with E-state index in [1.807, 2.05) is 13.8 Å². The highest BCUT2D eigenvalue weighted by molar-refractivity contribution is 5.83. The van der Waals surface area contributed by atoms with E-state index >= 15 is 0 Å². The maximum Gasteiger partial charge on any atom is 0.0472 e.